The molecular formula is C22H15Cl2NO4. The van der Waals surface area contributed by atoms with E-state index in [4.69, 9.17) is 27.9 Å². The molecule has 3 rings (SSSR count). The Kier molecular flexibility index (Phi) is 6.54. The number of nitrogens with one attached hydrogen (secondary N) is 1. The molecule has 7 heteroatoms. The molecule has 0 aliphatic carbocycles. The average molecular weight is 428 g/mol. The maximum atomic E-state index is 12.2. The lowest BCUT2D eigenvalue weighted by Gasteiger charge is -2.10. The Hall–Kier alpha value is -3.28. The lowest BCUT2D eigenvalue weighted by Crippen LogP contribution is -2.27. The second kappa shape index (κ2) is 9.28. The molecule has 1 amide bonds. The summed E-state index contributed by atoms with van der Waals surface area (Å²) in [6, 6.07) is 20.0. The number of benzene rings is 3. The van der Waals surface area contributed by atoms with Gasteiger partial charge >= 0.3 is 5.97 Å². The van der Waals surface area contributed by atoms with Crippen molar-refractivity contribution in [1.29, 1.82) is 0 Å². The van der Waals surface area contributed by atoms with Crippen LogP contribution in [0.15, 0.2) is 78.5 Å². The van der Waals surface area contributed by atoms with Gasteiger partial charge in [0.05, 0.1) is 10.0 Å². The second-order valence-corrected chi connectivity index (χ2v) is 6.72. The Bertz CT molecular complexity index is 1040. The maximum absolute atomic E-state index is 12.2. The number of hydrogen-bond donors (Lipinski definition) is 2. The number of para-hydroxylation sites is 1. The summed E-state index contributed by atoms with van der Waals surface area (Å²) in [6.07, 6.45) is 1.36. The van der Waals surface area contributed by atoms with Crippen LogP contribution in [0.4, 0.5) is 0 Å². The van der Waals surface area contributed by atoms with Gasteiger partial charge in [0.25, 0.3) is 5.91 Å². The van der Waals surface area contributed by atoms with Crippen LogP contribution >= 0.6 is 23.2 Å². The van der Waals surface area contributed by atoms with Crippen molar-refractivity contribution in [3.63, 3.8) is 0 Å². The Morgan fingerprint density at radius 3 is 2.07 bits per heavy atom. The molecule has 0 aliphatic heterocycles. The molecule has 29 heavy (non-hydrogen) atoms. The number of carbonyl (C=O) groups is 2. The van der Waals surface area contributed by atoms with Crippen molar-refractivity contribution in [2.24, 2.45) is 0 Å². The van der Waals surface area contributed by atoms with E-state index in [9.17, 15) is 14.7 Å². The SMILES string of the molecule is O=C(O)/C(=C\c1ccc(Oc2c(Cl)cccc2Cl)cc1)NC(=O)c1ccccc1. The van der Waals surface area contributed by atoms with Crippen LogP contribution in [0, 0.1) is 0 Å². The van der Waals surface area contributed by atoms with Crippen LogP contribution in [-0.2, 0) is 4.79 Å². The fraction of sp³-hybridized carbons (Fsp3) is 0. The van der Waals surface area contributed by atoms with Crippen LogP contribution in [0.25, 0.3) is 6.08 Å². The first-order valence-electron chi connectivity index (χ1n) is 8.47. The summed E-state index contributed by atoms with van der Waals surface area (Å²) < 4.78 is 5.70. The van der Waals surface area contributed by atoms with E-state index >= 15 is 0 Å². The molecule has 0 spiro atoms. The van der Waals surface area contributed by atoms with Gasteiger partial charge in [0.15, 0.2) is 5.75 Å². The van der Waals surface area contributed by atoms with E-state index in [2.05, 4.69) is 5.32 Å². The van der Waals surface area contributed by atoms with Crippen LogP contribution < -0.4 is 10.1 Å². The molecule has 0 saturated carbocycles. The quantitative estimate of drug-likeness (QED) is 0.498. The van der Waals surface area contributed by atoms with Gasteiger partial charge in [0.1, 0.15) is 11.4 Å². The van der Waals surface area contributed by atoms with Gasteiger partial charge in [0.2, 0.25) is 0 Å². The molecule has 146 valence electrons. The molecule has 3 aromatic carbocycles. The minimum Gasteiger partial charge on any atom is -0.477 e. The zero-order chi connectivity index (χ0) is 20.8. The summed E-state index contributed by atoms with van der Waals surface area (Å²) in [5.41, 5.74) is 0.676. The molecular weight excluding hydrogens is 413 g/mol. The van der Waals surface area contributed by atoms with E-state index in [1.165, 1.54) is 6.08 Å². The number of amides is 1. The first-order chi connectivity index (χ1) is 13.9. The standard InChI is InChI=1S/C22H15Cl2NO4/c23-17-7-4-8-18(24)20(17)29-16-11-9-14(10-12-16)13-19(22(27)28)25-21(26)15-5-2-1-3-6-15/h1-13H,(H,25,26)(H,27,28)/b19-13+. The molecule has 0 aromatic heterocycles. The van der Waals surface area contributed by atoms with Crippen molar-refractivity contribution in [2.75, 3.05) is 0 Å². The molecule has 0 saturated heterocycles. The van der Waals surface area contributed by atoms with Gasteiger partial charge in [-0.05, 0) is 48.0 Å². The predicted molar refractivity (Wildman–Crippen MR) is 112 cm³/mol. The van der Waals surface area contributed by atoms with Gasteiger partial charge in [-0.15, -0.1) is 0 Å². The smallest absolute Gasteiger partial charge is 0.352 e. The van der Waals surface area contributed by atoms with Crippen LogP contribution in [0.2, 0.25) is 10.0 Å². The number of halogens is 2. The normalized spacial score (nSPS) is 11.0. The lowest BCUT2D eigenvalue weighted by atomic mass is 10.1. The zero-order valence-electron chi connectivity index (χ0n) is 14.9. The molecule has 0 bridgehead atoms. The number of carboxylic acid groups (broad SMARTS) is 1. The Morgan fingerprint density at radius 2 is 1.48 bits per heavy atom. The number of rotatable bonds is 6. The highest BCUT2D eigenvalue weighted by Crippen LogP contribution is 2.36. The van der Waals surface area contributed by atoms with Gasteiger partial charge in [0, 0.05) is 5.56 Å². The van der Waals surface area contributed by atoms with E-state index in [1.807, 2.05) is 0 Å². The van der Waals surface area contributed by atoms with Crippen LogP contribution in [0.5, 0.6) is 11.5 Å². The van der Waals surface area contributed by atoms with Gasteiger partial charge in [-0.1, -0.05) is 59.6 Å². The summed E-state index contributed by atoms with van der Waals surface area (Å²) in [5.74, 6) is -0.951. The third-order valence-corrected chi connectivity index (χ3v) is 4.44. The van der Waals surface area contributed by atoms with E-state index in [0.29, 0.717) is 32.7 Å². The fourth-order valence-electron chi connectivity index (χ4n) is 2.43. The molecule has 0 unspecified atom stereocenters. The Balaban J connectivity index is 1.77. The maximum Gasteiger partial charge on any atom is 0.352 e. The van der Waals surface area contributed by atoms with E-state index in [1.54, 1.807) is 72.8 Å². The second-order valence-electron chi connectivity index (χ2n) is 5.91. The van der Waals surface area contributed by atoms with Crippen molar-refractivity contribution in [2.45, 2.75) is 0 Å². The van der Waals surface area contributed by atoms with Crippen molar-refractivity contribution >= 4 is 41.2 Å². The van der Waals surface area contributed by atoms with E-state index < -0.39 is 11.9 Å². The number of carboxylic acids is 1. The fourth-order valence-corrected chi connectivity index (χ4v) is 2.91. The summed E-state index contributed by atoms with van der Waals surface area (Å²) in [5, 5.41) is 12.6. The highest BCUT2D eigenvalue weighted by molar-refractivity contribution is 6.37. The molecule has 0 radical (unpaired) electrons. The molecule has 0 fully saturated rings. The van der Waals surface area contributed by atoms with Crippen LogP contribution in [0.3, 0.4) is 0 Å². The molecule has 3 aromatic rings. The highest BCUT2D eigenvalue weighted by atomic mass is 35.5. The molecule has 5 nitrogen and oxygen atoms in total. The largest absolute Gasteiger partial charge is 0.477 e. The molecule has 2 N–H and O–H groups in total. The van der Waals surface area contributed by atoms with Crippen molar-refractivity contribution < 1.29 is 19.4 Å². The number of carbonyl (C=O) groups excluding carboxylic acids is 1. The first-order valence-corrected chi connectivity index (χ1v) is 9.23. The summed E-state index contributed by atoms with van der Waals surface area (Å²) in [7, 11) is 0. The minimum absolute atomic E-state index is 0.248. The van der Waals surface area contributed by atoms with Gasteiger partial charge in [-0.3, -0.25) is 4.79 Å². The number of aliphatic carboxylic acids is 1. The average Bonchev–Trinajstić information content (AvgIpc) is 2.72. The van der Waals surface area contributed by atoms with Crippen LogP contribution in [-0.4, -0.2) is 17.0 Å². The summed E-state index contributed by atoms with van der Waals surface area (Å²) in [6.45, 7) is 0. The zero-order valence-corrected chi connectivity index (χ0v) is 16.4. The molecule has 0 aliphatic rings. The van der Waals surface area contributed by atoms with Gasteiger partial charge < -0.3 is 15.2 Å². The van der Waals surface area contributed by atoms with Gasteiger partial charge in [-0.2, -0.15) is 0 Å². The summed E-state index contributed by atoms with van der Waals surface area (Å²) in [4.78, 5) is 23.7. The first kappa shape index (κ1) is 20.5. The van der Waals surface area contributed by atoms with E-state index in [0.717, 1.165) is 0 Å². The number of ether oxygens (including phenoxy) is 1. The predicted octanol–water partition coefficient (Wildman–Crippen LogP) is 5.64. The third kappa shape index (κ3) is 5.38. The Morgan fingerprint density at radius 1 is 0.862 bits per heavy atom. The Labute approximate surface area is 177 Å². The van der Waals surface area contributed by atoms with Crippen molar-refractivity contribution in [3.05, 3.63) is 99.7 Å². The minimum atomic E-state index is -1.25. The van der Waals surface area contributed by atoms with Gasteiger partial charge in [-0.25, -0.2) is 4.79 Å². The van der Waals surface area contributed by atoms with E-state index in [-0.39, 0.29) is 5.70 Å². The van der Waals surface area contributed by atoms with Crippen molar-refractivity contribution in [3.8, 4) is 11.5 Å². The monoisotopic (exact) mass is 427 g/mol. The summed E-state index contributed by atoms with van der Waals surface area (Å²) >= 11 is 12.2. The highest BCUT2D eigenvalue weighted by Gasteiger charge is 2.13. The molecule has 0 heterocycles. The van der Waals surface area contributed by atoms with Crippen LogP contribution in [0.1, 0.15) is 15.9 Å². The topological polar surface area (TPSA) is 75.6 Å². The lowest BCUT2D eigenvalue weighted by molar-refractivity contribution is -0.132. The third-order valence-electron chi connectivity index (χ3n) is 3.84. The molecule has 0 atom stereocenters. The number of hydrogen-bond acceptors (Lipinski definition) is 3. The van der Waals surface area contributed by atoms with Crippen molar-refractivity contribution in [1.82, 2.24) is 5.32 Å².